The second kappa shape index (κ2) is 52.3. The lowest BCUT2D eigenvalue weighted by atomic mass is 9.99. The Hall–Kier alpha value is -2.38. The van der Waals surface area contributed by atoms with Gasteiger partial charge in [-0.25, -0.2) is 0 Å². The van der Waals surface area contributed by atoms with Crippen molar-refractivity contribution in [3.8, 4) is 0 Å². The van der Waals surface area contributed by atoms with E-state index in [4.69, 9.17) is 14.2 Å². The summed E-state index contributed by atoms with van der Waals surface area (Å²) in [6.45, 7) is 5.65. The van der Waals surface area contributed by atoms with Gasteiger partial charge in [-0.15, -0.1) is 0 Å². The highest BCUT2D eigenvalue weighted by Crippen LogP contribution is 2.26. The van der Waals surface area contributed by atoms with E-state index < -0.39 is 67.4 Å². The molecule has 0 saturated carbocycles. The van der Waals surface area contributed by atoms with Crippen LogP contribution >= 0.6 is 0 Å². The summed E-state index contributed by atoms with van der Waals surface area (Å²) in [7, 11) is 0. The van der Waals surface area contributed by atoms with Crippen LogP contribution in [0.15, 0.2) is 48.6 Å². The lowest BCUT2D eigenvalue weighted by molar-refractivity contribution is -0.305. The summed E-state index contributed by atoms with van der Waals surface area (Å²) < 4.78 is 17.6. The van der Waals surface area contributed by atoms with E-state index in [1.165, 1.54) is 161 Å². The van der Waals surface area contributed by atoms with Gasteiger partial charge in [0.2, 0.25) is 5.91 Å². The number of allylic oxidation sites excluding steroid dienone is 7. The van der Waals surface area contributed by atoms with Crippen molar-refractivity contribution in [2.75, 3.05) is 13.2 Å². The maximum Gasteiger partial charge on any atom is 0.306 e. The molecule has 8 unspecified atom stereocenters. The molecule has 0 bridgehead atoms. The first-order chi connectivity index (χ1) is 36.7. The third-order valence-corrected chi connectivity index (χ3v) is 14.8. The van der Waals surface area contributed by atoms with Crippen molar-refractivity contribution in [3.05, 3.63) is 48.6 Å². The number of unbranched alkanes of at least 4 members (excludes halogenated alkanes) is 35. The Labute approximate surface area is 459 Å². The number of aliphatic hydroxyl groups is 5. The molecule has 1 rings (SSSR count). The minimum absolute atomic E-state index is 0.101. The minimum Gasteiger partial charge on any atom is -0.454 e. The second-order valence-corrected chi connectivity index (χ2v) is 21.8. The Kier molecular flexibility index (Phi) is 49.3. The van der Waals surface area contributed by atoms with Crippen LogP contribution in [-0.4, -0.2) is 99.6 Å². The minimum atomic E-state index is -1.62. The van der Waals surface area contributed by atoms with Crippen LogP contribution < -0.4 is 5.32 Å². The molecule has 11 heteroatoms. The molecule has 0 aliphatic carbocycles. The average molecular weight is 1060 g/mol. The molecule has 0 radical (unpaired) electrons. The van der Waals surface area contributed by atoms with Crippen molar-refractivity contribution >= 4 is 11.9 Å². The molecule has 1 aliphatic rings. The fraction of sp³-hybridized carbons (Fsp3) is 0.844. The number of amides is 1. The van der Waals surface area contributed by atoms with Crippen molar-refractivity contribution in [1.29, 1.82) is 0 Å². The van der Waals surface area contributed by atoms with Crippen molar-refractivity contribution in [2.24, 2.45) is 0 Å². The molecule has 0 aromatic carbocycles. The quantitative estimate of drug-likeness (QED) is 0.0149. The fourth-order valence-electron chi connectivity index (χ4n) is 9.83. The predicted octanol–water partition coefficient (Wildman–Crippen LogP) is 14.8. The molecule has 0 aromatic rings. The number of ether oxygens (including phenoxy) is 3. The zero-order chi connectivity index (χ0) is 54.7. The molecule has 1 saturated heterocycles. The van der Waals surface area contributed by atoms with E-state index in [2.05, 4.69) is 44.3 Å². The summed E-state index contributed by atoms with van der Waals surface area (Å²) >= 11 is 0. The number of aliphatic hydroxyl groups excluding tert-OH is 5. The van der Waals surface area contributed by atoms with E-state index >= 15 is 0 Å². The van der Waals surface area contributed by atoms with Crippen LogP contribution in [0.1, 0.15) is 284 Å². The van der Waals surface area contributed by atoms with Crippen LogP contribution in [-0.2, 0) is 23.8 Å². The summed E-state index contributed by atoms with van der Waals surface area (Å²) in [5, 5.41) is 56.9. The molecule has 1 aliphatic heterocycles. The molecule has 11 nitrogen and oxygen atoms in total. The van der Waals surface area contributed by atoms with Crippen molar-refractivity contribution in [1.82, 2.24) is 5.32 Å². The number of hydrogen-bond acceptors (Lipinski definition) is 10. The van der Waals surface area contributed by atoms with Crippen LogP contribution in [0.3, 0.4) is 0 Å². The van der Waals surface area contributed by atoms with Crippen LogP contribution in [0.2, 0.25) is 0 Å². The first-order valence-corrected chi connectivity index (χ1v) is 31.4. The first-order valence-electron chi connectivity index (χ1n) is 31.4. The average Bonchev–Trinajstić information content (AvgIpc) is 3.41. The SMILES string of the molecule is CC/C=C/C=C/C=C\CCCCCCCC(=O)OC1C(OCC(NC(=O)C(O)CCCCCCCCCCCCCCCCCCCCCCCC)C(O)/C=C/CCCCCCCCCCC)OC(CO)C(O)C1O. The van der Waals surface area contributed by atoms with Gasteiger partial charge in [0.25, 0.3) is 0 Å². The molecule has 438 valence electrons. The van der Waals surface area contributed by atoms with E-state index in [1.54, 1.807) is 6.08 Å². The van der Waals surface area contributed by atoms with Gasteiger partial charge in [0.15, 0.2) is 12.4 Å². The molecule has 1 amide bonds. The number of hydrogen-bond donors (Lipinski definition) is 6. The Morgan fingerprint density at radius 1 is 0.533 bits per heavy atom. The summed E-state index contributed by atoms with van der Waals surface area (Å²) in [5.74, 6) is -1.21. The molecule has 0 aromatic heterocycles. The van der Waals surface area contributed by atoms with Crippen LogP contribution in [0.5, 0.6) is 0 Å². The first kappa shape index (κ1) is 70.6. The van der Waals surface area contributed by atoms with Crippen LogP contribution in [0.4, 0.5) is 0 Å². The third-order valence-electron chi connectivity index (χ3n) is 14.8. The summed E-state index contributed by atoms with van der Waals surface area (Å²) in [5.41, 5.74) is 0. The summed E-state index contributed by atoms with van der Waals surface area (Å²) in [4.78, 5) is 26.5. The van der Waals surface area contributed by atoms with Gasteiger partial charge in [-0.3, -0.25) is 9.59 Å². The van der Waals surface area contributed by atoms with E-state index in [9.17, 15) is 35.1 Å². The van der Waals surface area contributed by atoms with Gasteiger partial charge < -0.3 is 45.1 Å². The van der Waals surface area contributed by atoms with Gasteiger partial charge in [0.1, 0.15) is 24.4 Å². The number of carbonyl (C=O) groups excluding carboxylic acids is 2. The molecule has 8 atom stereocenters. The monoisotopic (exact) mass is 1060 g/mol. The van der Waals surface area contributed by atoms with Gasteiger partial charge in [0.05, 0.1) is 25.4 Å². The highest BCUT2D eigenvalue weighted by atomic mass is 16.7. The maximum atomic E-state index is 13.4. The smallest absolute Gasteiger partial charge is 0.306 e. The van der Waals surface area contributed by atoms with E-state index in [0.29, 0.717) is 19.3 Å². The highest BCUT2D eigenvalue weighted by molar-refractivity contribution is 5.80. The zero-order valence-electron chi connectivity index (χ0n) is 48.4. The second-order valence-electron chi connectivity index (χ2n) is 21.8. The van der Waals surface area contributed by atoms with Gasteiger partial charge in [-0.2, -0.15) is 0 Å². The van der Waals surface area contributed by atoms with E-state index in [-0.39, 0.29) is 13.0 Å². The molecule has 75 heavy (non-hydrogen) atoms. The maximum absolute atomic E-state index is 13.4. The molecule has 1 heterocycles. The fourth-order valence-corrected chi connectivity index (χ4v) is 9.83. The Morgan fingerprint density at radius 2 is 0.960 bits per heavy atom. The summed E-state index contributed by atoms with van der Waals surface area (Å²) in [6.07, 6.45) is 53.1. The predicted molar refractivity (Wildman–Crippen MR) is 310 cm³/mol. The van der Waals surface area contributed by atoms with Gasteiger partial charge in [-0.05, 0) is 44.9 Å². The highest BCUT2D eigenvalue weighted by Gasteiger charge is 2.47. The largest absolute Gasteiger partial charge is 0.454 e. The Morgan fingerprint density at radius 3 is 1.43 bits per heavy atom. The van der Waals surface area contributed by atoms with E-state index in [1.807, 2.05) is 24.3 Å². The number of esters is 1. The Balaban J connectivity index is 2.61. The third kappa shape index (κ3) is 40.5. The lowest BCUT2D eigenvalue weighted by Gasteiger charge is -2.41. The topological polar surface area (TPSA) is 175 Å². The van der Waals surface area contributed by atoms with Gasteiger partial charge in [-0.1, -0.05) is 281 Å². The summed E-state index contributed by atoms with van der Waals surface area (Å²) in [6, 6.07) is -1.03. The molecule has 1 fully saturated rings. The van der Waals surface area contributed by atoms with Crippen molar-refractivity contribution < 1.29 is 49.3 Å². The molecular formula is C64H117NO10. The van der Waals surface area contributed by atoms with Crippen LogP contribution in [0, 0.1) is 0 Å². The molecular weight excluding hydrogens is 943 g/mol. The van der Waals surface area contributed by atoms with Gasteiger partial charge in [0, 0.05) is 6.42 Å². The number of rotatable bonds is 53. The number of nitrogens with one attached hydrogen (secondary N) is 1. The standard InChI is InChI=1S/C64H117NO10/c1-4-7-10-13-16-19-22-24-25-26-27-28-29-30-31-32-34-36-39-42-45-48-51-57(68)63(72)65-55(56(67)50-47-44-41-38-35-21-18-15-12-9-6-3)54-73-64-62(61(71)60(70)58(53-66)74-64)75-59(69)52-49-46-43-40-37-33-23-20-17-14-11-8-5-2/h8,11,14,17,20,23,47,50,55-58,60-62,64,66-68,70-71H,4-7,9-10,12-13,15-16,18-19,21-22,24-46,48-49,51-54H2,1-3H3,(H,65,72)/b11-8+,17-14+,23-20-,50-47+. The zero-order valence-corrected chi connectivity index (χ0v) is 48.4. The lowest BCUT2D eigenvalue weighted by Crippen LogP contribution is -2.61. The van der Waals surface area contributed by atoms with Gasteiger partial charge >= 0.3 is 5.97 Å². The normalized spacial score (nSPS) is 19.5. The van der Waals surface area contributed by atoms with Crippen molar-refractivity contribution in [2.45, 2.75) is 333 Å². The van der Waals surface area contributed by atoms with E-state index in [0.717, 1.165) is 77.0 Å². The van der Waals surface area contributed by atoms with Crippen molar-refractivity contribution in [3.63, 3.8) is 0 Å². The molecule has 6 N–H and O–H groups in total. The number of carbonyl (C=O) groups is 2. The van der Waals surface area contributed by atoms with Crippen LogP contribution in [0.25, 0.3) is 0 Å². The Bertz CT molecular complexity index is 1400. The molecule has 0 spiro atoms.